The van der Waals surface area contributed by atoms with E-state index in [-0.39, 0.29) is 17.7 Å². The molecule has 0 fully saturated rings. The molecule has 0 aliphatic heterocycles. The lowest BCUT2D eigenvalue weighted by Crippen LogP contribution is -2.07. The summed E-state index contributed by atoms with van der Waals surface area (Å²) in [6, 6.07) is 10.5. The third-order valence-electron chi connectivity index (χ3n) is 2.93. The third-order valence-corrected chi connectivity index (χ3v) is 3.63. The van der Waals surface area contributed by atoms with Gasteiger partial charge in [-0.1, -0.05) is 40.2 Å². The van der Waals surface area contributed by atoms with Crippen molar-refractivity contribution in [3.63, 3.8) is 0 Å². The molecule has 0 amide bonds. The normalized spacial score (nSPS) is 12.2. The highest BCUT2D eigenvalue weighted by Gasteiger charge is 2.21. The van der Waals surface area contributed by atoms with Crippen LogP contribution in [-0.4, -0.2) is 10.0 Å². The smallest absolute Gasteiger partial charge is 0.272 e. The number of hydrogen-bond acceptors (Lipinski definition) is 3. The van der Waals surface area contributed by atoms with Gasteiger partial charge in [-0.3, -0.25) is 10.1 Å². The maximum atomic E-state index is 13.7. The molecule has 2 rings (SSSR count). The highest BCUT2D eigenvalue weighted by molar-refractivity contribution is 9.10. The number of aliphatic hydroxyl groups is 1. The van der Waals surface area contributed by atoms with Gasteiger partial charge in [-0.2, -0.15) is 0 Å². The molecule has 0 radical (unpaired) electrons. The zero-order valence-electron chi connectivity index (χ0n) is 10.3. The summed E-state index contributed by atoms with van der Waals surface area (Å²) in [5.74, 6) is -0.551. The molecule has 20 heavy (non-hydrogen) atoms. The number of para-hydroxylation sites is 1. The largest absolute Gasteiger partial charge is 0.388 e. The fourth-order valence-corrected chi connectivity index (χ4v) is 2.61. The Labute approximate surface area is 123 Å². The Morgan fingerprint density at radius 1 is 1.25 bits per heavy atom. The molecule has 4 nitrogen and oxygen atoms in total. The van der Waals surface area contributed by atoms with Crippen LogP contribution in [0.5, 0.6) is 0 Å². The van der Waals surface area contributed by atoms with Crippen LogP contribution in [0.4, 0.5) is 10.1 Å². The average Bonchev–Trinajstić information content (AvgIpc) is 2.38. The second-order valence-corrected chi connectivity index (χ2v) is 5.10. The number of nitro groups is 1. The van der Waals surface area contributed by atoms with Crippen LogP contribution >= 0.6 is 15.9 Å². The molecule has 1 N–H and O–H groups in total. The van der Waals surface area contributed by atoms with Crippen molar-refractivity contribution in [1.82, 2.24) is 0 Å². The van der Waals surface area contributed by atoms with Crippen molar-refractivity contribution in [3.8, 4) is 0 Å². The number of halogens is 2. The van der Waals surface area contributed by atoms with Crippen molar-refractivity contribution < 1.29 is 14.4 Å². The predicted octanol–water partition coefficient (Wildman–Crippen LogP) is 3.77. The highest BCUT2D eigenvalue weighted by atomic mass is 79.9. The van der Waals surface area contributed by atoms with Crippen LogP contribution in [0.15, 0.2) is 46.9 Å². The molecule has 2 aromatic carbocycles. The molecular formula is C14H11BrFNO3. The molecule has 0 heterocycles. The van der Waals surface area contributed by atoms with Crippen molar-refractivity contribution in [3.05, 3.63) is 74.0 Å². The minimum absolute atomic E-state index is 0.0311. The van der Waals surface area contributed by atoms with Gasteiger partial charge in [0.2, 0.25) is 0 Å². The van der Waals surface area contributed by atoms with E-state index < -0.39 is 16.8 Å². The molecule has 1 atom stereocenters. The van der Waals surface area contributed by atoms with Gasteiger partial charge < -0.3 is 5.11 Å². The molecule has 104 valence electrons. The minimum atomic E-state index is -1.16. The summed E-state index contributed by atoms with van der Waals surface area (Å²) in [5.41, 5.74) is 0.379. The monoisotopic (exact) mass is 339 g/mol. The van der Waals surface area contributed by atoms with Crippen LogP contribution in [0.25, 0.3) is 0 Å². The van der Waals surface area contributed by atoms with Crippen LogP contribution in [0.1, 0.15) is 17.2 Å². The van der Waals surface area contributed by atoms with E-state index in [0.29, 0.717) is 10.0 Å². The van der Waals surface area contributed by atoms with Crippen molar-refractivity contribution in [1.29, 1.82) is 0 Å². The van der Waals surface area contributed by atoms with E-state index in [1.54, 1.807) is 24.3 Å². The number of benzene rings is 2. The highest BCUT2D eigenvalue weighted by Crippen LogP contribution is 2.30. The average molecular weight is 340 g/mol. The van der Waals surface area contributed by atoms with Gasteiger partial charge in [0.05, 0.1) is 11.0 Å². The SMILES string of the molecule is O=[N+]([O-])c1ccccc1CC(O)c1c(F)cccc1Br. The second kappa shape index (κ2) is 6.11. The molecule has 0 aliphatic carbocycles. The molecule has 0 aliphatic rings. The Morgan fingerprint density at radius 2 is 1.95 bits per heavy atom. The van der Waals surface area contributed by atoms with Crippen LogP contribution in [0, 0.1) is 15.9 Å². The first-order valence-corrected chi connectivity index (χ1v) is 6.64. The number of aliphatic hydroxyl groups excluding tert-OH is 1. The number of nitro benzene ring substituents is 1. The van der Waals surface area contributed by atoms with E-state index in [1.165, 1.54) is 18.2 Å². The molecule has 0 saturated heterocycles. The van der Waals surface area contributed by atoms with Crippen LogP contribution < -0.4 is 0 Å². The van der Waals surface area contributed by atoms with E-state index in [2.05, 4.69) is 15.9 Å². The summed E-state index contributed by atoms with van der Waals surface area (Å²) in [6.07, 6.45) is -1.19. The van der Waals surface area contributed by atoms with Gasteiger partial charge in [0.25, 0.3) is 5.69 Å². The molecular weight excluding hydrogens is 329 g/mol. The van der Waals surface area contributed by atoms with Gasteiger partial charge in [-0.25, -0.2) is 4.39 Å². The quantitative estimate of drug-likeness (QED) is 0.681. The van der Waals surface area contributed by atoms with Crippen LogP contribution in [0.3, 0.4) is 0 Å². The summed E-state index contributed by atoms with van der Waals surface area (Å²) in [4.78, 5) is 10.4. The lowest BCUT2D eigenvalue weighted by Gasteiger charge is -2.14. The number of rotatable bonds is 4. The Balaban J connectivity index is 2.33. The molecule has 0 bridgehead atoms. The summed E-state index contributed by atoms with van der Waals surface area (Å²) >= 11 is 3.17. The second-order valence-electron chi connectivity index (χ2n) is 4.24. The predicted molar refractivity (Wildman–Crippen MR) is 75.9 cm³/mol. The van der Waals surface area contributed by atoms with Gasteiger partial charge in [0, 0.05) is 28.1 Å². The summed E-state index contributed by atoms with van der Waals surface area (Å²) in [5, 5.41) is 21.1. The van der Waals surface area contributed by atoms with Crippen LogP contribution in [0.2, 0.25) is 0 Å². The zero-order valence-corrected chi connectivity index (χ0v) is 11.9. The lowest BCUT2D eigenvalue weighted by atomic mass is 10.00. The zero-order chi connectivity index (χ0) is 14.7. The molecule has 0 saturated carbocycles. The fraction of sp³-hybridized carbons (Fsp3) is 0.143. The fourth-order valence-electron chi connectivity index (χ4n) is 2.00. The van der Waals surface area contributed by atoms with E-state index in [0.717, 1.165) is 0 Å². The molecule has 2 aromatic rings. The first-order chi connectivity index (χ1) is 9.50. The van der Waals surface area contributed by atoms with E-state index in [1.807, 2.05) is 0 Å². The van der Waals surface area contributed by atoms with Gasteiger partial charge in [-0.05, 0) is 12.1 Å². The first-order valence-electron chi connectivity index (χ1n) is 5.85. The van der Waals surface area contributed by atoms with Crippen LogP contribution in [-0.2, 0) is 6.42 Å². The van der Waals surface area contributed by atoms with Gasteiger partial charge in [0.15, 0.2) is 0 Å². The summed E-state index contributed by atoms with van der Waals surface area (Å²) in [7, 11) is 0. The van der Waals surface area contributed by atoms with E-state index in [9.17, 15) is 19.6 Å². The van der Waals surface area contributed by atoms with Gasteiger partial charge >= 0.3 is 0 Å². The maximum absolute atomic E-state index is 13.7. The minimum Gasteiger partial charge on any atom is -0.388 e. The Morgan fingerprint density at radius 3 is 2.60 bits per heavy atom. The molecule has 1 unspecified atom stereocenters. The topological polar surface area (TPSA) is 63.4 Å². The molecule has 0 spiro atoms. The summed E-state index contributed by atoms with van der Waals surface area (Å²) < 4.78 is 14.2. The summed E-state index contributed by atoms with van der Waals surface area (Å²) in [6.45, 7) is 0. The van der Waals surface area contributed by atoms with Crippen molar-refractivity contribution in [2.75, 3.05) is 0 Å². The van der Waals surface area contributed by atoms with Crippen molar-refractivity contribution in [2.24, 2.45) is 0 Å². The number of nitrogens with zero attached hydrogens (tertiary/aromatic N) is 1. The Kier molecular flexibility index (Phi) is 4.46. The Hall–Kier alpha value is -1.79. The molecule has 6 heteroatoms. The molecule has 0 aromatic heterocycles. The van der Waals surface area contributed by atoms with Gasteiger partial charge in [0.1, 0.15) is 5.82 Å². The van der Waals surface area contributed by atoms with Crippen molar-refractivity contribution >= 4 is 21.6 Å². The first kappa shape index (κ1) is 14.6. The number of hydrogen-bond donors (Lipinski definition) is 1. The van der Waals surface area contributed by atoms with Crippen molar-refractivity contribution in [2.45, 2.75) is 12.5 Å². The van der Waals surface area contributed by atoms with E-state index >= 15 is 0 Å². The third kappa shape index (κ3) is 3.02. The van der Waals surface area contributed by atoms with E-state index in [4.69, 9.17) is 0 Å². The Bertz CT molecular complexity index is 628. The maximum Gasteiger partial charge on any atom is 0.272 e. The lowest BCUT2D eigenvalue weighted by molar-refractivity contribution is -0.385. The van der Waals surface area contributed by atoms with Gasteiger partial charge in [-0.15, -0.1) is 0 Å². The standard InChI is InChI=1S/C14H11BrFNO3/c15-10-5-3-6-11(16)14(10)13(18)8-9-4-1-2-7-12(9)17(19)20/h1-7,13,18H,8H2.